The second kappa shape index (κ2) is 28.1. The van der Waals surface area contributed by atoms with E-state index >= 15 is 0 Å². The summed E-state index contributed by atoms with van der Waals surface area (Å²) >= 11 is 0. The van der Waals surface area contributed by atoms with Gasteiger partial charge in [-0.05, 0) is 51.4 Å². The van der Waals surface area contributed by atoms with Gasteiger partial charge >= 0.3 is 13.8 Å². The largest absolute Gasteiger partial charge is 0.472 e. The van der Waals surface area contributed by atoms with E-state index < -0.39 is 26.5 Å². The fraction of sp³-hybridized carbons (Fsp3) is 0.677. The molecule has 0 aromatic rings. The number of ether oxygens (including phenoxy) is 1. The summed E-state index contributed by atoms with van der Waals surface area (Å²) in [5.41, 5.74) is 0. The molecule has 0 saturated carbocycles. The van der Waals surface area contributed by atoms with E-state index in [0.717, 1.165) is 44.9 Å². The van der Waals surface area contributed by atoms with Crippen molar-refractivity contribution in [1.29, 1.82) is 0 Å². The van der Waals surface area contributed by atoms with Crippen molar-refractivity contribution in [2.45, 2.75) is 110 Å². The predicted octanol–water partition coefficient (Wildman–Crippen LogP) is 6.87. The van der Waals surface area contributed by atoms with Gasteiger partial charge in [-0.15, -0.1) is 0 Å². The second-order valence-electron chi connectivity index (χ2n) is 9.72. The molecule has 0 rings (SSSR count). The fourth-order valence-electron chi connectivity index (χ4n) is 3.43. The lowest BCUT2D eigenvalue weighted by atomic mass is 10.2. The number of hydrogen-bond acceptors (Lipinski definition) is 7. The summed E-state index contributed by atoms with van der Waals surface area (Å²) in [5.74, 6) is -0.606. The minimum atomic E-state index is -4.40. The van der Waals surface area contributed by atoms with Gasteiger partial charge in [-0.25, -0.2) is 4.57 Å². The minimum Gasteiger partial charge on any atom is -0.463 e. The van der Waals surface area contributed by atoms with Gasteiger partial charge in [0.05, 0.1) is 13.2 Å². The third-order valence-corrected chi connectivity index (χ3v) is 6.75. The van der Waals surface area contributed by atoms with Gasteiger partial charge in [-0.3, -0.25) is 18.6 Å². The van der Waals surface area contributed by atoms with Crippen LogP contribution in [0.1, 0.15) is 104 Å². The maximum absolute atomic E-state index is 11.9. The van der Waals surface area contributed by atoms with Crippen LogP contribution in [-0.2, 0) is 27.9 Å². The molecule has 10 heteroatoms. The molecule has 9 nitrogen and oxygen atoms in total. The molecule has 236 valence electrons. The Kier molecular flexibility index (Phi) is 26.7. The molecule has 0 bridgehead atoms. The number of aliphatic hydroxyl groups is 1. The molecule has 0 aliphatic carbocycles. The number of nitrogens with one attached hydrogen (secondary N) is 1. The number of allylic oxidation sites excluding steroid dienone is 8. The number of phosphoric ester groups is 1. The normalized spacial score (nSPS) is 14.3. The lowest BCUT2D eigenvalue weighted by molar-refractivity contribution is -0.147. The van der Waals surface area contributed by atoms with E-state index in [4.69, 9.17) is 13.8 Å². The Morgan fingerprint density at radius 2 is 1.32 bits per heavy atom. The van der Waals surface area contributed by atoms with Crippen LogP contribution in [0.15, 0.2) is 48.6 Å². The van der Waals surface area contributed by atoms with Gasteiger partial charge in [0, 0.05) is 19.4 Å². The standard InChI is InChI=1S/C31H54NO8P/c1-3-5-7-8-9-10-11-12-13-14-15-16-17-18-19-20-22-24-31(35)38-27-29(33)28-40-41(36,37)39-26-25-32-30(34)23-21-6-4-2/h9-10,12-13,15-16,18-19,29,33H,3-8,11,14,17,20-28H2,1-2H3,(H,32,34)(H,36,37)/b10-9-,13-12-,16-15-,19-18-. The van der Waals surface area contributed by atoms with Crippen molar-refractivity contribution in [3.05, 3.63) is 48.6 Å². The average Bonchev–Trinajstić information content (AvgIpc) is 2.95. The number of aliphatic hydroxyl groups excluding tert-OH is 1. The molecule has 2 atom stereocenters. The van der Waals surface area contributed by atoms with Crippen molar-refractivity contribution >= 4 is 19.7 Å². The van der Waals surface area contributed by atoms with Crippen LogP contribution in [-0.4, -0.2) is 54.3 Å². The molecule has 0 spiro atoms. The first-order chi connectivity index (χ1) is 19.8. The lowest BCUT2D eigenvalue weighted by Gasteiger charge is -2.15. The third kappa shape index (κ3) is 29.3. The molecule has 0 heterocycles. The first-order valence-electron chi connectivity index (χ1n) is 15.1. The molecule has 0 aromatic heterocycles. The highest BCUT2D eigenvalue weighted by Gasteiger charge is 2.23. The van der Waals surface area contributed by atoms with Crippen LogP contribution in [0.5, 0.6) is 0 Å². The first-order valence-corrected chi connectivity index (χ1v) is 16.6. The van der Waals surface area contributed by atoms with Crippen LogP contribution in [0, 0.1) is 0 Å². The zero-order valence-corrected chi connectivity index (χ0v) is 26.1. The molecule has 0 saturated heterocycles. The van der Waals surface area contributed by atoms with Crippen LogP contribution in [0.4, 0.5) is 0 Å². The SMILES string of the molecule is CCCCC/C=C\C/C=C\C/C=C\C/C=C\CCCC(=O)OCC(O)COP(=O)(O)OCCNC(=O)CCCCC. The van der Waals surface area contributed by atoms with Gasteiger partial charge in [0.2, 0.25) is 5.91 Å². The van der Waals surface area contributed by atoms with Crippen LogP contribution in [0.3, 0.4) is 0 Å². The van der Waals surface area contributed by atoms with Crippen molar-refractivity contribution in [2.75, 3.05) is 26.4 Å². The quantitative estimate of drug-likeness (QED) is 0.0404. The van der Waals surface area contributed by atoms with Gasteiger partial charge in [0.1, 0.15) is 12.7 Å². The average molecular weight is 600 g/mol. The van der Waals surface area contributed by atoms with E-state index in [2.05, 4.69) is 54.8 Å². The van der Waals surface area contributed by atoms with E-state index in [1.807, 2.05) is 13.0 Å². The smallest absolute Gasteiger partial charge is 0.463 e. The first kappa shape index (κ1) is 39.0. The zero-order chi connectivity index (χ0) is 30.4. The maximum Gasteiger partial charge on any atom is 0.472 e. The fourth-order valence-corrected chi connectivity index (χ4v) is 4.18. The van der Waals surface area contributed by atoms with Gasteiger partial charge in [0.25, 0.3) is 0 Å². The maximum atomic E-state index is 11.9. The van der Waals surface area contributed by atoms with Crippen LogP contribution < -0.4 is 5.32 Å². The predicted molar refractivity (Wildman–Crippen MR) is 164 cm³/mol. The van der Waals surface area contributed by atoms with E-state index in [0.29, 0.717) is 12.8 Å². The molecule has 0 aliphatic rings. The Labute approximate surface area is 247 Å². The molecule has 2 unspecified atom stereocenters. The number of rotatable bonds is 27. The molecule has 0 fully saturated rings. The summed E-state index contributed by atoms with van der Waals surface area (Å²) in [6.45, 7) is 3.23. The van der Waals surface area contributed by atoms with Crippen molar-refractivity contribution in [3.63, 3.8) is 0 Å². The van der Waals surface area contributed by atoms with Crippen molar-refractivity contribution < 1.29 is 37.9 Å². The Balaban J connectivity index is 3.77. The van der Waals surface area contributed by atoms with Crippen LogP contribution >= 0.6 is 7.82 Å². The number of carbonyl (C=O) groups is 2. The Morgan fingerprint density at radius 1 is 0.756 bits per heavy atom. The van der Waals surface area contributed by atoms with Gasteiger partial charge in [0.15, 0.2) is 0 Å². The number of esters is 1. The van der Waals surface area contributed by atoms with Crippen molar-refractivity contribution in [3.8, 4) is 0 Å². The third-order valence-electron chi connectivity index (χ3n) is 5.76. The topological polar surface area (TPSA) is 131 Å². The van der Waals surface area contributed by atoms with E-state index in [-0.39, 0.29) is 32.1 Å². The van der Waals surface area contributed by atoms with Crippen molar-refractivity contribution in [2.24, 2.45) is 0 Å². The Morgan fingerprint density at radius 3 is 1.93 bits per heavy atom. The highest BCUT2D eigenvalue weighted by Crippen LogP contribution is 2.42. The zero-order valence-electron chi connectivity index (χ0n) is 25.2. The van der Waals surface area contributed by atoms with Crippen LogP contribution in [0.2, 0.25) is 0 Å². The molecule has 0 radical (unpaired) electrons. The summed E-state index contributed by atoms with van der Waals surface area (Å²) in [5, 5.41) is 12.4. The summed E-state index contributed by atoms with van der Waals surface area (Å²) in [6.07, 6.45) is 28.4. The highest BCUT2D eigenvalue weighted by molar-refractivity contribution is 7.47. The summed E-state index contributed by atoms with van der Waals surface area (Å²) < 4.78 is 26.3. The monoisotopic (exact) mass is 599 g/mol. The summed E-state index contributed by atoms with van der Waals surface area (Å²) in [7, 11) is -4.40. The van der Waals surface area contributed by atoms with Crippen molar-refractivity contribution in [1.82, 2.24) is 5.32 Å². The van der Waals surface area contributed by atoms with Gasteiger partial charge < -0.3 is 20.1 Å². The summed E-state index contributed by atoms with van der Waals surface area (Å²) in [4.78, 5) is 33.1. The van der Waals surface area contributed by atoms with Gasteiger partial charge in [-0.1, -0.05) is 88.1 Å². The van der Waals surface area contributed by atoms with E-state index in [1.165, 1.54) is 25.7 Å². The van der Waals surface area contributed by atoms with Crippen LogP contribution in [0.25, 0.3) is 0 Å². The number of unbranched alkanes of at least 4 members (excludes halogenated alkanes) is 6. The molecule has 0 aromatic carbocycles. The number of carbonyl (C=O) groups excluding carboxylic acids is 2. The lowest BCUT2D eigenvalue weighted by Crippen LogP contribution is -2.27. The second-order valence-corrected chi connectivity index (χ2v) is 11.2. The molecular formula is C31H54NO8P. The number of hydrogen-bond donors (Lipinski definition) is 3. The van der Waals surface area contributed by atoms with E-state index in [1.54, 1.807) is 0 Å². The van der Waals surface area contributed by atoms with E-state index in [9.17, 15) is 24.2 Å². The Bertz CT molecular complexity index is 825. The highest BCUT2D eigenvalue weighted by atomic mass is 31.2. The van der Waals surface area contributed by atoms with Gasteiger partial charge in [-0.2, -0.15) is 0 Å². The molecule has 41 heavy (non-hydrogen) atoms. The number of amides is 1. The minimum absolute atomic E-state index is 0.0695. The Hall–Kier alpha value is -2.03. The molecular weight excluding hydrogens is 545 g/mol. The number of phosphoric acid groups is 1. The molecule has 1 amide bonds. The summed E-state index contributed by atoms with van der Waals surface area (Å²) in [6, 6.07) is 0. The molecule has 0 aliphatic heterocycles. The molecule has 3 N–H and O–H groups in total.